The van der Waals surface area contributed by atoms with Crippen LogP contribution >= 0.6 is 11.9 Å². The lowest BCUT2D eigenvalue weighted by atomic mass is 10.2. The molecule has 3 aliphatic rings. The standard InChI is InChI=1S/C15H25NOS.C12H21N3O4.C2H6/c1-3-4-5-6-7-8-12-11-13(12)14(17)16-18-15(2)9-10-15;1-12(2,3)19-11(18)14-7-9(16)15-6-4-5-8(15)10(13)17;1-2/h7-8,12-13H,3-6,9-11H2,1-2H3,(H,16,17);8H,4-7H2,1-3H3,(H2,13,17)(H,14,18);1-2H3/b8-7-;;. The van der Waals surface area contributed by atoms with Gasteiger partial charge in [-0.3, -0.25) is 19.1 Å². The minimum atomic E-state index is -0.657. The molecule has 10 heteroatoms. The quantitative estimate of drug-likeness (QED) is 0.181. The number of nitrogens with zero attached hydrogens (tertiary/aromatic N) is 1. The second-order valence-corrected chi connectivity index (χ2v) is 12.8. The molecular weight excluding hydrogens is 516 g/mol. The first-order chi connectivity index (χ1) is 18.3. The third-order valence-corrected chi connectivity index (χ3v) is 7.78. The number of ether oxygens (including phenoxy) is 1. The molecule has 224 valence electrons. The number of hydrogen-bond donors (Lipinski definition) is 3. The van der Waals surface area contributed by atoms with Crippen LogP contribution in [0.4, 0.5) is 4.79 Å². The molecular formula is C29H52N4O5S. The van der Waals surface area contributed by atoms with E-state index in [4.69, 9.17) is 10.5 Å². The highest BCUT2D eigenvalue weighted by Crippen LogP contribution is 2.47. The van der Waals surface area contributed by atoms with E-state index in [0.717, 1.165) is 12.8 Å². The fraction of sp³-hybridized carbons (Fsp3) is 0.793. The highest BCUT2D eigenvalue weighted by molar-refractivity contribution is 7.99. The van der Waals surface area contributed by atoms with Crippen molar-refractivity contribution in [1.82, 2.24) is 14.9 Å². The van der Waals surface area contributed by atoms with Crippen molar-refractivity contribution in [2.24, 2.45) is 17.6 Å². The van der Waals surface area contributed by atoms with Gasteiger partial charge in [-0.2, -0.15) is 0 Å². The predicted octanol–water partition coefficient (Wildman–Crippen LogP) is 5.09. The van der Waals surface area contributed by atoms with Gasteiger partial charge in [-0.05, 0) is 90.5 Å². The molecule has 0 spiro atoms. The van der Waals surface area contributed by atoms with Crippen molar-refractivity contribution in [2.45, 2.75) is 123 Å². The van der Waals surface area contributed by atoms with Crippen molar-refractivity contribution in [3.05, 3.63) is 12.2 Å². The molecule has 3 unspecified atom stereocenters. The number of nitrogens with one attached hydrogen (secondary N) is 2. The topological polar surface area (TPSA) is 131 Å². The third-order valence-electron chi connectivity index (χ3n) is 6.57. The summed E-state index contributed by atoms with van der Waals surface area (Å²) in [5, 5.41) is 2.37. The van der Waals surface area contributed by atoms with Gasteiger partial charge in [-0.15, -0.1) is 0 Å². The van der Waals surface area contributed by atoms with Crippen LogP contribution in [-0.2, 0) is 19.1 Å². The number of unbranched alkanes of at least 4 members (excludes halogenated alkanes) is 3. The molecule has 1 saturated heterocycles. The molecule has 3 fully saturated rings. The summed E-state index contributed by atoms with van der Waals surface area (Å²) in [6, 6.07) is -0.562. The third kappa shape index (κ3) is 14.1. The number of primary amides is 1. The summed E-state index contributed by atoms with van der Waals surface area (Å²) >= 11 is 1.63. The molecule has 39 heavy (non-hydrogen) atoms. The number of nitrogens with two attached hydrogens (primary N) is 1. The minimum absolute atomic E-state index is 0.196. The van der Waals surface area contributed by atoms with Gasteiger partial charge in [0.2, 0.25) is 17.7 Å². The largest absolute Gasteiger partial charge is 0.444 e. The van der Waals surface area contributed by atoms with Gasteiger partial charge in [0.25, 0.3) is 0 Å². The van der Waals surface area contributed by atoms with Gasteiger partial charge in [0.15, 0.2) is 0 Å². The molecule has 4 amide bonds. The fourth-order valence-electron chi connectivity index (χ4n) is 3.96. The molecule has 3 rings (SSSR count). The Morgan fingerprint density at radius 1 is 1.15 bits per heavy atom. The molecule has 2 saturated carbocycles. The van der Waals surface area contributed by atoms with Gasteiger partial charge < -0.3 is 20.7 Å². The number of likely N-dealkylation sites (tertiary alicyclic amines) is 1. The van der Waals surface area contributed by atoms with Crippen molar-refractivity contribution < 1.29 is 23.9 Å². The summed E-state index contributed by atoms with van der Waals surface area (Å²) < 4.78 is 8.39. The van der Waals surface area contributed by atoms with E-state index in [1.165, 1.54) is 43.4 Å². The van der Waals surface area contributed by atoms with Crippen molar-refractivity contribution >= 4 is 35.8 Å². The Labute approximate surface area is 239 Å². The molecule has 0 radical (unpaired) electrons. The van der Waals surface area contributed by atoms with E-state index in [9.17, 15) is 19.2 Å². The van der Waals surface area contributed by atoms with E-state index in [2.05, 4.69) is 36.0 Å². The number of hydrogen-bond acceptors (Lipinski definition) is 6. The van der Waals surface area contributed by atoms with E-state index in [1.54, 1.807) is 32.7 Å². The maximum Gasteiger partial charge on any atom is 0.408 e. The molecule has 4 N–H and O–H groups in total. The zero-order chi connectivity index (χ0) is 29.6. The number of allylic oxidation sites excluding steroid dienone is 2. The summed E-state index contributed by atoms with van der Waals surface area (Å²) in [6.45, 7) is 13.9. The van der Waals surface area contributed by atoms with Crippen molar-refractivity contribution in [3.63, 3.8) is 0 Å². The molecule has 0 aromatic heterocycles. The SMILES string of the molecule is CC.CC(C)(C)OC(=O)NCC(=O)N1CCCC1C(N)=O.CCCCC/C=C\C1CC1C(=O)NSC1(C)CC1. The molecule has 0 bridgehead atoms. The van der Waals surface area contributed by atoms with Gasteiger partial charge in [0.05, 0.1) is 0 Å². The summed E-state index contributed by atoms with van der Waals surface area (Å²) in [5.41, 5.74) is 4.61. The average molecular weight is 569 g/mol. The van der Waals surface area contributed by atoms with Gasteiger partial charge in [0.1, 0.15) is 18.2 Å². The van der Waals surface area contributed by atoms with Crippen LogP contribution in [0.5, 0.6) is 0 Å². The monoisotopic (exact) mass is 568 g/mol. The Morgan fingerprint density at radius 2 is 1.82 bits per heavy atom. The maximum atomic E-state index is 11.9. The number of carbonyl (C=O) groups is 4. The molecule has 9 nitrogen and oxygen atoms in total. The first-order valence-corrected chi connectivity index (χ1v) is 15.4. The Hall–Kier alpha value is -2.23. The first-order valence-electron chi connectivity index (χ1n) is 14.6. The second kappa shape index (κ2) is 16.8. The van der Waals surface area contributed by atoms with Crippen LogP contribution in [0.2, 0.25) is 0 Å². The maximum absolute atomic E-state index is 11.9. The zero-order valence-electron chi connectivity index (χ0n) is 25.1. The fourth-order valence-corrected chi connectivity index (χ4v) is 4.77. The summed E-state index contributed by atoms with van der Waals surface area (Å²) in [6.07, 6.45) is 13.8. The zero-order valence-corrected chi connectivity index (χ0v) is 26.0. The molecule has 0 aromatic carbocycles. The molecule has 1 aliphatic heterocycles. The number of alkyl carbamates (subject to hydrolysis) is 1. The average Bonchev–Trinajstić information content (AvgIpc) is 3.76. The number of carbonyl (C=O) groups excluding carboxylic acids is 4. The van der Waals surface area contributed by atoms with Gasteiger partial charge in [0, 0.05) is 17.2 Å². The number of amides is 4. The van der Waals surface area contributed by atoms with Crippen LogP contribution in [0.25, 0.3) is 0 Å². The Balaban J connectivity index is 0.000000367. The van der Waals surface area contributed by atoms with Gasteiger partial charge >= 0.3 is 6.09 Å². The van der Waals surface area contributed by atoms with Crippen LogP contribution in [0.15, 0.2) is 12.2 Å². The molecule has 1 heterocycles. The highest BCUT2D eigenvalue weighted by atomic mass is 32.2. The summed E-state index contributed by atoms with van der Waals surface area (Å²) in [7, 11) is 0. The second-order valence-electron chi connectivity index (χ2n) is 11.5. The molecule has 2 aliphatic carbocycles. The van der Waals surface area contributed by atoms with Crippen molar-refractivity contribution in [1.29, 1.82) is 0 Å². The summed E-state index contributed by atoms with van der Waals surface area (Å²) in [5.74, 6) is 0.174. The minimum Gasteiger partial charge on any atom is -0.444 e. The lowest BCUT2D eigenvalue weighted by Crippen LogP contribution is -2.48. The Kier molecular flexibility index (Phi) is 15.0. The van der Waals surface area contributed by atoms with Crippen molar-refractivity contribution in [2.75, 3.05) is 13.1 Å². The van der Waals surface area contributed by atoms with E-state index in [1.807, 2.05) is 13.8 Å². The van der Waals surface area contributed by atoms with Crippen LogP contribution < -0.4 is 15.8 Å². The van der Waals surface area contributed by atoms with E-state index in [-0.39, 0.29) is 24.3 Å². The smallest absolute Gasteiger partial charge is 0.408 e. The lowest BCUT2D eigenvalue weighted by molar-refractivity contribution is -0.136. The van der Waals surface area contributed by atoms with Crippen LogP contribution in [-0.4, -0.2) is 58.2 Å². The molecule has 3 atom stereocenters. The Morgan fingerprint density at radius 3 is 2.38 bits per heavy atom. The molecule has 0 aromatic rings. The highest BCUT2D eigenvalue weighted by Gasteiger charge is 2.44. The Bertz CT molecular complexity index is 838. The normalized spacial score (nSPS) is 22.5. The van der Waals surface area contributed by atoms with E-state index in [0.29, 0.717) is 23.6 Å². The lowest BCUT2D eigenvalue weighted by Gasteiger charge is -2.23. The van der Waals surface area contributed by atoms with E-state index < -0.39 is 23.6 Å². The van der Waals surface area contributed by atoms with Gasteiger partial charge in [-0.25, -0.2) is 4.79 Å². The summed E-state index contributed by atoms with van der Waals surface area (Å²) in [4.78, 5) is 47.7. The van der Waals surface area contributed by atoms with Crippen LogP contribution in [0.3, 0.4) is 0 Å². The predicted molar refractivity (Wildman–Crippen MR) is 158 cm³/mol. The van der Waals surface area contributed by atoms with E-state index >= 15 is 0 Å². The van der Waals surface area contributed by atoms with Gasteiger partial charge in [-0.1, -0.05) is 45.8 Å². The number of rotatable bonds is 11. The first kappa shape index (κ1) is 34.8. The van der Waals surface area contributed by atoms with Crippen LogP contribution in [0.1, 0.15) is 106 Å². The van der Waals surface area contributed by atoms with Crippen molar-refractivity contribution in [3.8, 4) is 0 Å². The van der Waals surface area contributed by atoms with Crippen LogP contribution in [0, 0.1) is 11.8 Å².